The number of benzene rings is 3. The van der Waals surface area contributed by atoms with Crippen LogP contribution in [0.3, 0.4) is 0 Å². The molecule has 4 aromatic rings. The second-order valence-corrected chi connectivity index (χ2v) is 7.63. The molecule has 0 unspecified atom stereocenters. The monoisotopic (exact) mass is 410 g/mol. The summed E-state index contributed by atoms with van der Waals surface area (Å²) in [6.07, 6.45) is 2.14. The van der Waals surface area contributed by atoms with Gasteiger partial charge in [0, 0.05) is 24.3 Å². The number of aromatic nitrogens is 2. The molecule has 2 heterocycles. The molecule has 1 aliphatic heterocycles. The van der Waals surface area contributed by atoms with Crippen molar-refractivity contribution in [2.75, 3.05) is 23.3 Å². The summed E-state index contributed by atoms with van der Waals surface area (Å²) in [7, 11) is 0. The Morgan fingerprint density at radius 1 is 0.871 bits per heavy atom. The third-order valence-electron chi connectivity index (χ3n) is 5.55. The molecule has 1 amide bonds. The molecular weight excluding hydrogens is 388 g/mol. The fraction of sp³-hybridized carbons (Fsp3) is 0.160. The smallest absolute Gasteiger partial charge is 0.267 e. The minimum absolute atomic E-state index is 0.131. The van der Waals surface area contributed by atoms with Crippen molar-refractivity contribution < 1.29 is 4.79 Å². The van der Waals surface area contributed by atoms with Crippen LogP contribution in [0.15, 0.2) is 83.7 Å². The number of carbonyl (C=O) groups excluding carboxylic acids is 1. The molecule has 0 aliphatic carbocycles. The zero-order valence-corrected chi connectivity index (χ0v) is 17.0. The van der Waals surface area contributed by atoms with Crippen molar-refractivity contribution in [2.24, 2.45) is 0 Å². The van der Waals surface area contributed by atoms with E-state index in [1.54, 1.807) is 22.8 Å². The second-order valence-electron chi connectivity index (χ2n) is 7.63. The molecule has 154 valence electrons. The second kappa shape index (κ2) is 8.07. The lowest BCUT2D eigenvalue weighted by Crippen LogP contribution is -2.30. The van der Waals surface area contributed by atoms with Gasteiger partial charge in [-0.15, -0.1) is 0 Å². The average Bonchev–Trinajstić information content (AvgIpc) is 3.35. The summed E-state index contributed by atoms with van der Waals surface area (Å²) in [5.41, 5.74) is 2.37. The lowest BCUT2D eigenvalue weighted by molar-refractivity contribution is 0.102. The molecule has 6 nitrogen and oxygen atoms in total. The van der Waals surface area contributed by atoms with Gasteiger partial charge in [0.05, 0.1) is 16.6 Å². The van der Waals surface area contributed by atoms with Crippen LogP contribution in [0, 0.1) is 0 Å². The maximum atomic E-state index is 13.5. The van der Waals surface area contributed by atoms with Crippen LogP contribution in [0.5, 0.6) is 0 Å². The number of hydrogen-bond donors (Lipinski definition) is 1. The molecule has 6 heteroatoms. The standard InChI is InChI=1S/C25H22N4O2/c30-23(26-19-9-3-1-4-10-19)18-13-14-21-22(17-18)27-25(28-15-7-8-16-28)29(24(21)31)20-11-5-2-6-12-20/h1-6,9-14,17H,7-8,15-16H2,(H,26,30). The van der Waals surface area contributed by atoms with Crippen molar-refractivity contribution in [2.45, 2.75) is 12.8 Å². The number of para-hydroxylation sites is 2. The molecule has 0 atom stereocenters. The van der Waals surface area contributed by atoms with Gasteiger partial charge in [-0.3, -0.25) is 9.59 Å². The van der Waals surface area contributed by atoms with E-state index in [0.717, 1.165) is 37.3 Å². The Labute approximate surface area is 179 Å². The first-order valence-corrected chi connectivity index (χ1v) is 10.4. The molecule has 1 aliphatic rings. The predicted octanol–water partition coefficient (Wildman–Crippen LogP) is 4.24. The molecule has 1 N–H and O–H groups in total. The normalized spacial score (nSPS) is 13.5. The minimum atomic E-state index is -0.232. The van der Waals surface area contributed by atoms with Crippen molar-refractivity contribution in [1.82, 2.24) is 9.55 Å². The van der Waals surface area contributed by atoms with Crippen LogP contribution in [-0.2, 0) is 0 Å². The third-order valence-corrected chi connectivity index (χ3v) is 5.55. The van der Waals surface area contributed by atoms with E-state index in [1.807, 2.05) is 60.7 Å². The summed E-state index contributed by atoms with van der Waals surface area (Å²) in [4.78, 5) is 33.2. The van der Waals surface area contributed by atoms with Gasteiger partial charge in [-0.2, -0.15) is 0 Å². The Morgan fingerprint density at radius 2 is 1.55 bits per heavy atom. The summed E-state index contributed by atoms with van der Waals surface area (Å²) >= 11 is 0. The SMILES string of the molecule is O=C(Nc1ccccc1)c1ccc2c(=O)n(-c3ccccc3)c(N3CCCC3)nc2c1. The van der Waals surface area contributed by atoms with Crippen LogP contribution in [0.4, 0.5) is 11.6 Å². The zero-order valence-electron chi connectivity index (χ0n) is 17.0. The molecule has 0 radical (unpaired) electrons. The number of anilines is 2. The minimum Gasteiger partial charge on any atom is -0.342 e. The van der Waals surface area contributed by atoms with Gasteiger partial charge in [0.25, 0.3) is 11.5 Å². The van der Waals surface area contributed by atoms with Crippen LogP contribution in [-0.4, -0.2) is 28.5 Å². The van der Waals surface area contributed by atoms with Gasteiger partial charge in [-0.25, -0.2) is 9.55 Å². The zero-order chi connectivity index (χ0) is 21.2. The first-order valence-electron chi connectivity index (χ1n) is 10.4. The quantitative estimate of drug-likeness (QED) is 0.547. The van der Waals surface area contributed by atoms with Gasteiger partial charge in [0.2, 0.25) is 5.95 Å². The largest absolute Gasteiger partial charge is 0.342 e. The lowest BCUT2D eigenvalue weighted by atomic mass is 10.1. The molecule has 0 spiro atoms. The Morgan fingerprint density at radius 3 is 2.26 bits per heavy atom. The summed E-state index contributed by atoms with van der Waals surface area (Å²) in [6, 6.07) is 23.9. The Balaban J connectivity index is 1.62. The topological polar surface area (TPSA) is 67.2 Å². The fourth-order valence-corrected chi connectivity index (χ4v) is 3.98. The maximum absolute atomic E-state index is 13.5. The first-order chi connectivity index (χ1) is 15.2. The van der Waals surface area contributed by atoms with E-state index in [2.05, 4.69) is 10.2 Å². The van der Waals surface area contributed by atoms with Gasteiger partial charge in [0.15, 0.2) is 0 Å². The van der Waals surface area contributed by atoms with Gasteiger partial charge in [-0.1, -0.05) is 36.4 Å². The number of nitrogens with one attached hydrogen (secondary N) is 1. The molecule has 1 aromatic heterocycles. The number of rotatable bonds is 4. The van der Waals surface area contributed by atoms with Crippen LogP contribution < -0.4 is 15.8 Å². The Kier molecular flexibility index (Phi) is 4.96. The van der Waals surface area contributed by atoms with Crippen molar-refractivity contribution >= 4 is 28.4 Å². The van der Waals surface area contributed by atoms with Gasteiger partial charge in [0.1, 0.15) is 0 Å². The van der Waals surface area contributed by atoms with Crippen molar-refractivity contribution in [3.8, 4) is 5.69 Å². The van der Waals surface area contributed by atoms with Crippen LogP contribution in [0.25, 0.3) is 16.6 Å². The highest BCUT2D eigenvalue weighted by atomic mass is 16.1. The van der Waals surface area contributed by atoms with Crippen molar-refractivity contribution in [1.29, 1.82) is 0 Å². The highest BCUT2D eigenvalue weighted by Crippen LogP contribution is 2.23. The number of hydrogen-bond acceptors (Lipinski definition) is 4. The van der Waals surface area contributed by atoms with E-state index in [9.17, 15) is 9.59 Å². The summed E-state index contributed by atoms with van der Waals surface area (Å²) in [5, 5.41) is 3.37. The van der Waals surface area contributed by atoms with E-state index < -0.39 is 0 Å². The molecule has 5 rings (SSSR count). The predicted molar refractivity (Wildman–Crippen MR) is 123 cm³/mol. The van der Waals surface area contributed by atoms with E-state index in [4.69, 9.17) is 4.98 Å². The summed E-state index contributed by atoms with van der Waals surface area (Å²) in [6.45, 7) is 1.72. The van der Waals surface area contributed by atoms with E-state index in [-0.39, 0.29) is 11.5 Å². The summed E-state index contributed by atoms with van der Waals surface area (Å²) < 4.78 is 1.68. The van der Waals surface area contributed by atoms with Crippen LogP contribution in [0.2, 0.25) is 0 Å². The molecule has 1 fully saturated rings. The average molecular weight is 410 g/mol. The third kappa shape index (κ3) is 3.68. The number of amides is 1. The maximum Gasteiger partial charge on any atom is 0.267 e. The van der Waals surface area contributed by atoms with Crippen molar-refractivity contribution in [3.05, 3.63) is 94.8 Å². The highest BCUT2D eigenvalue weighted by molar-refractivity contribution is 6.06. The molecule has 31 heavy (non-hydrogen) atoms. The Hall–Kier alpha value is -3.93. The molecule has 0 saturated carbocycles. The Bertz CT molecular complexity index is 1290. The first kappa shape index (κ1) is 19.1. The molecule has 1 saturated heterocycles. The number of nitrogens with zero attached hydrogens (tertiary/aromatic N) is 3. The lowest BCUT2D eigenvalue weighted by Gasteiger charge is -2.22. The van der Waals surface area contributed by atoms with Gasteiger partial charge in [-0.05, 0) is 55.3 Å². The number of carbonyl (C=O) groups is 1. The molecule has 0 bridgehead atoms. The molecular formula is C25H22N4O2. The number of fused-ring (bicyclic) bond motifs is 1. The van der Waals surface area contributed by atoms with E-state index >= 15 is 0 Å². The molecule has 3 aromatic carbocycles. The van der Waals surface area contributed by atoms with Crippen LogP contribution >= 0.6 is 0 Å². The van der Waals surface area contributed by atoms with Gasteiger partial charge >= 0.3 is 0 Å². The van der Waals surface area contributed by atoms with E-state index in [1.165, 1.54) is 0 Å². The van der Waals surface area contributed by atoms with Gasteiger partial charge < -0.3 is 10.2 Å². The van der Waals surface area contributed by atoms with Crippen molar-refractivity contribution in [3.63, 3.8) is 0 Å². The van der Waals surface area contributed by atoms with E-state index in [0.29, 0.717) is 22.4 Å². The van der Waals surface area contributed by atoms with Crippen LogP contribution in [0.1, 0.15) is 23.2 Å². The fourth-order valence-electron chi connectivity index (χ4n) is 3.98. The highest BCUT2D eigenvalue weighted by Gasteiger charge is 2.21. The summed E-state index contributed by atoms with van der Waals surface area (Å²) in [5.74, 6) is 0.395.